The maximum atomic E-state index is 12.1. The Morgan fingerprint density at radius 3 is 2.40 bits per heavy atom. The molecule has 0 radical (unpaired) electrons. The molecule has 20 heavy (non-hydrogen) atoms. The molecule has 5 nitrogen and oxygen atoms in total. The van der Waals surface area contributed by atoms with E-state index in [0.717, 1.165) is 0 Å². The summed E-state index contributed by atoms with van der Waals surface area (Å²) >= 11 is 0. The molecule has 0 saturated heterocycles. The van der Waals surface area contributed by atoms with Gasteiger partial charge in [-0.1, -0.05) is 30.3 Å². The van der Waals surface area contributed by atoms with Crippen molar-refractivity contribution in [1.29, 1.82) is 0 Å². The van der Waals surface area contributed by atoms with Crippen molar-refractivity contribution in [2.24, 2.45) is 7.05 Å². The van der Waals surface area contributed by atoms with E-state index in [1.54, 1.807) is 65.1 Å². The Hall–Kier alpha value is -2.27. The normalized spacial score (nSPS) is 13.8. The molecule has 0 amide bonds. The zero-order valence-corrected chi connectivity index (χ0v) is 11.4. The Morgan fingerprint density at radius 2 is 1.85 bits per heavy atom. The topological polar surface area (TPSA) is 63.2 Å². The highest BCUT2D eigenvalue weighted by Gasteiger charge is 2.31. The third-order valence-corrected chi connectivity index (χ3v) is 3.22. The van der Waals surface area contributed by atoms with Crippen LogP contribution in [-0.2, 0) is 16.6 Å². The van der Waals surface area contributed by atoms with Gasteiger partial charge in [-0.3, -0.25) is 9.59 Å². The fraction of sp³-hybridized carbons (Fsp3) is 0.267. The van der Waals surface area contributed by atoms with Gasteiger partial charge in [-0.2, -0.15) is 0 Å². The van der Waals surface area contributed by atoms with Crippen LogP contribution in [0, 0.1) is 0 Å². The van der Waals surface area contributed by atoms with Gasteiger partial charge in [-0.05, 0) is 12.5 Å². The summed E-state index contributed by atoms with van der Waals surface area (Å²) in [6.07, 6.45) is 3.80. The number of benzene rings is 1. The van der Waals surface area contributed by atoms with Crippen molar-refractivity contribution in [3.63, 3.8) is 0 Å². The van der Waals surface area contributed by atoms with Crippen LogP contribution in [0.5, 0.6) is 0 Å². The summed E-state index contributed by atoms with van der Waals surface area (Å²) < 4.78 is 3.42. The zero-order valence-electron chi connectivity index (χ0n) is 11.4. The van der Waals surface area contributed by atoms with Gasteiger partial charge < -0.3 is 5.11 Å². The number of aliphatic hydroxyl groups is 1. The number of nitrogens with zero attached hydrogens (tertiary/aromatic N) is 2. The van der Waals surface area contributed by atoms with Gasteiger partial charge in [-0.15, -0.1) is 0 Å². The van der Waals surface area contributed by atoms with Crippen LogP contribution in [0.25, 0.3) is 0 Å². The summed E-state index contributed by atoms with van der Waals surface area (Å²) in [5.74, 6) is -1.40. The molecule has 0 spiro atoms. The van der Waals surface area contributed by atoms with Gasteiger partial charge in [0.2, 0.25) is 17.9 Å². The molecule has 0 bridgehead atoms. The highest BCUT2D eigenvalue weighted by atomic mass is 16.3. The van der Waals surface area contributed by atoms with Crippen LogP contribution >= 0.6 is 0 Å². The molecule has 0 fully saturated rings. The molecule has 0 aliphatic heterocycles. The maximum Gasteiger partial charge on any atom is 0.245 e. The second-order valence-corrected chi connectivity index (χ2v) is 4.74. The van der Waals surface area contributed by atoms with Crippen LogP contribution in [0.3, 0.4) is 0 Å². The minimum absolute atomic E-state index is 0.427. The molecule has 104 valence electrons. The number of hydrogen-bond acceptors (Lipinski definition) is 3. The fourth-order valence-electron chi connectivity index (χ4n) is 1.96. The van der Waals surface area contributed by atoms with Gasteiger partial charge in [0, 0.05) is 0 Å². The van der Waals surface area contributed by atoms with Crippen molar-refractivity contribution < 1.29 is 19.3 Å². The first-order chi connectivity index (χ1) is 9.50. The molecule has 2 atom stereocenters. The number of carbonyl (C=O) groups is 2. The quantitative estimate of drug-likeness (QED) is 0.646. The maximum absolute atomic E-state index is 12.1. The lowest BCUT2D eigenvalue weighted by Crippen LogP contribution is -2.30. The number of hydrogen-bond donors (Lipinski definition) is 1. The SMILES string of the molecule is C[C@H](C(=O)C(=O)C(O)c1ccccc1)n1cc[n+](C)c1. The van der Waals surface area contributed by atoms with Crippen LogP contribution in [0.2, 0.25) is 0 Å². The minimum atomic E-state index is -1.41. The second-order valence-electron chi connectivity index (χ2n) is 4.74. The Morgan fingerprint density at radius 1 is 1.20 bits per heavy atom. The van der Waals surface area contributed by atoms with E-state index < -0.39 is 23.7 Å². The molecule has 2 rings (SSSR count). The van der Waals surface area contributed by atoms with Crippen LogP contribution in [0.1, 0.15) is 24.6 Å². The van der Waals surface area contributed by atoms with Gasteiger partial charge in [0.15, 0.2) is 6.04 Å². The number of aryl methyl sites for hydroxylation is 1. The highest BCUT2D eigenvalue weighted by Crippen LogP contribution is 2.17. The van der Waals surface area contributed by atoms with Crippen LogP contribution < -0.4 is 4.57 Å². The largest absolute Gasteiger partial charge is 0.380 e. The molecule has 5 heteroatoms. The van der Waals surface area contributed by atoms with E-state index in [4.69, 9.17) is 0 Å². The van der Waals surface area contributed by atoms with E-state index in [2.05, 4.69) is 0 Å². The summed E-state index contributed by atoms with van der Waals surface area (Å²) in [6, 6.07) is 7.82. The summed E-state index contributed by atoms with van der Waals surface area (Å²) in [4.78, 5) is 24.2. The predicted octanol–water partition coefficient (Wildman–Crippen LogP) is 0.745. The number of ketones is 2. The van der Waals surface area contributed by atoms with Crippen molar-refractivity contribution in [1.82, 2.24) is 4.57 Å². The summed E-state index contributed by atoms with van der Waals surface area (Å²) in [6.45, 7) is 1.64. The average Bonchev–Trinajstić information content (AvgIpc) is 2.91. The highest BCUT2D eigenvalue weighted by molar-refractivity contribution is 6.40. The zero-order chi connectivity index (χ0) is 14.7. The standard InChI is InChI=1S/C15H17N2O3/c1-11(17-9-8-16(2)10-17)13(18)15(20)14(19)12-6-4-3-5-7-12/h3-11,14,19H,1-2H3/q+1/t11-,14?/m1/s1. The van der Waals surface area contributed by atoms with E-state index in [1.807, 2.05) is 7.05 Å². The molecule has 1 aromatic heterocycles. The Balaban J connectivity index is 2.14. The molecule has 2 aromatic rings. The smallest absolute Gasteiger partial charge is 0.245 e. The number of aromatic nitrogens is 2. The molecule has 0 aliphatic rings. The predicted molar refractivity (Wildman–Crippen MR) is 71.7 cm³/mol. The van der Waals surface area contributed by atoms with E-state index in [9.17, 15) is 14.7 Å². The average molecular weight is 273 g/mol. The van der Waals surface area contributed by atoms with Crippen LogP contribution in [0.4, 0.5) is 0 Å². The number of rotatable bonds is 5. The molecule has 1 heterocycles. The minimum Gasteiger partial charge on any atom is -0.380 e. The number of Topliss-reactive ketones (excluding diaryl/α,β-unsaturated/α-hetero) is 2. The monoisotopic (exact) mass is 273 g/mol. The fourth-order valence-corrected chi connectivity index (χ4v) is 1.96. The molecule has 1 aromatic carbocycles. The van der Waals surface area contributed by atoms with Crippen molar-refractivity contribution >= 4 is 11.6 Å². The lowest BCUT2D eigenvalue weighted by atomic mass is 10.00. The number of carbonyl (C=O) groups excluding carboxylic acids is 2. The van der Waals surface area contributed by atoms with Gasteiger partial charge in [-0.25, -0.2) is 9.13 Å². The van der Waals surface area contributed by atoms with Gasteiger partial charge in [0.25, 0.3) is 0 Å². The number of imidazole rings is 1. The molecule has 0 aliphatic carbocycles. The summed E-state index contributed by atoms with van der Waals surface area (Å²) in [5.41, 5.74) is 0.427. The van der Waals surface area contributed by atoms with Crippen LogP contribution in [0.15, 0.2) is 49.1 Å². The second kappa shape index (κ2) is 5.79. The molecular formula is C15H17N2O3+. The summed E-state index contributed by atoms with van der Waals surface area (Å²) in [5, 5.41) is 9.98. The number of aliphatic hydroxyl groups excluding tert-OH is 1. The van der Waals surface area contributed by atoms with E-state index >= 15 is 0 Å². The van der Waals surface area contributed by atoms with E-state index in [-0.39, 0.29) is 0 Å². The Kier molecular flexibility index (Phi) is 4.10. The molecule has 0 saturated carbocycles. The van der Waals surface area contributed by atoms with Gasteiger partial charge >= 0.3 is 0 Å². The lowest BCUT2D eigenvalue weighted by Gasteiger charge is -2.11. The molecule has 1 unspecified atom stereocenters. The third-order valence-electron chi connectivity index (χ3n) is 3.22. The van der Waals surface area contributed by atoms with Crippen molar-refractivity contribution in [2.45, 2.75) is 19.1 Å². The Bertz CT molecular complexity index is 619. The van der Waals surface area contributed by atoms with E-state index in [1.165, 1.54) is 0 Å². The third kappa shape index (κ3) is 2.83. The van der Waals surface area contributed by atoms with Gasteiger partial charge in [0.05, 0.1) is 7.05 Å². The first kappa shape index (κ1) is 14.1. The molecular weight excluding hydrogens is 256 g/mol. The van der Waals surface area contributed by atoms with Crippen molar-refractivity contribution in [3.8, 4) is 0 Å². The van der Waals surface area contributed by atoms with Crippen molar-refractivity contribution in [2.75, 3.05) is 0 Å². The molecule has 1 N–H and O–H groups in total. The Labute approximate surface area is 117 Å². The van der Waals surface area contributed by atoms with Gasteiger partial charge in [0.1, 0.15) is 18.5 Å². The van der Waals surface area contributed by atoms with E-state index in [0.29, 0.717) is 5.56 Å². The van der Waals surface area contributed by atoms with Crippen LogP contribution in [-0.4, -0.2) is 21.2 Å². The first-order valence-electron chi connectivity index (χ1n) is 6.34. The summed E-state index contributed by atoms with van der Waals surface area (Å²) in [7, 11) is 1.83. The first-order valence-corrected chi connectivity index (χ1v) is 6.34. The van der Waals surface area contributed by atoms with Crippen molar-refractivity contribution in [3.05, 3.63) is 54.6 Å². The lowest BCUT2D eigenvalue weighted by molar-refractivity contribution is -0.671.